The maximum absolute atomic E-state index is 13.6. The van der Waals surface area contributed by atoms with E-state index in [9.17, 15) is 14.4 Å². The molecule has 2 atom stereocenters. The summed E-state index contributed by atoms with van der Waals surface area (Å²) in [6.07, 6.45) is 6.86. The van der Waals surface area contributed by atoms with Gasteiger partial charge >= 0.3 is 0 Å². The first-order valence-electron chi connectivity index (χ1n) is 10.5. The number of hydrogen-bond donors (Lipinski definition) is 1. The number of rotatable bonds is 2. The third-order valence-electron chi connectivity index (χ3n) is 6.71. The molecule has 0 saturated carbocycles. The monoisotopic (exact) mass is 391 g/mol. The predicted molar refractivity (Wildman–Crippen MR) is 109 cm³/mol. The van der Waals surface area contributed by atoms with E-state index in [1.165, 1.54) is 11.1 Å². The second kappa shape index (κ2) is 6.87. The fourth-order valence-electron chi connectivity index (χ4n) is 5.24. The summed E-state index contributed by atoms with van der Waals surface area (Å²) in [7, 11) is 0. The van der Waals surface area contributed by atoms with Gasteiger partial charge in [0.1, 0.15) is 5.56 Å². The highest BCUT2D eigenvalue weighted by Crippen LogP contribution is 2.31. The zero-order valence-electron chi connectivity index (χ0n) is 16.6. The Labute approximate surface area is 169 Å². The molecule has 2 fully saturated rings. The lowest BCUT2D eigenvalue weighted by Crippen LogP contribution is -2.45. The van der Waals surface area contributed by atoms with Crippen LogP contribution in [0, 0.1) is 6.92 Å². The Hall–Kier alpha value is -2.89. The predicted octanol–water partition coefficient (Wildman–Crippen LogP) is 2.13. The lowest BCUT2D eigenvalue weighted by atomic mass is 10.1. The van der Waals surface area contributed by atoms with Crippen molar-refractivity contribution < 1.29 is 9.59 Å². The number of pyridine rings is 1. The number of benzene rings is 1. The molecule has 3 heterocycles. The number of hydrogen-bond acceptors (Lipinski definition) is 3. The van der Waals surface area contributed by atoms with Crippen molar-refractivity contribution >= 4 is 11.8 Å². The molecular formula is C23H25N3O3. The van der Waals surface area contributed by atoms with Gasteiger partial charge in [0.15, 0.2) is 0 Å². The van der Waals surface area contributed by atoms with Crippen molar-refractivity contribution in [2.24, 2.45) is 0 Å². The highest BCUT2D eigenvalue weighted by atomic mass is 16.2. The Bertz CT molecular complexity index is 1070. The molecule has 6 nitrogen and oxygen atoms in total. The van der Waals surface area contributed by atoms with Crippen LogP contribution in [0.3, 0.4) is 0 Å². The molecule has 0 unspecified atom stereocenters. The summed E-state index contributed by atoms with van der Waals surface area (Å²) in [4.78, 5) is 40.8. The van der Waals surface area contributed by atoms with Crippen molar-refractivity contribution in [1.29, 1.82) is 0 Å². The van der Waals surface area contributed by atoms with Crippen molar-refractivity contribution in [2.75, 3.05) is 6.54 Å². The van der Waals surface area contributed by atoms with Crippen molar-refractivity contribution in [3.63, 3.8) is 0 Å². The lowest BCUT2D eigenvalue weighted by molar-refractivity contribution is -0.121. The summed E-state index contributed by atoms with van der Waals surface area (Å²) in [5.41, 5.74) is 4.04. The van der Waals surface area contributed by atoms with E-state index in [0.717, 1.165) is 37.8 Å². The first kappa shape index (κ1) is 18.2. The quantitative estimate of drug-likeness (QED) is 0.853. The molecule has 1 aliphatic carbocycles. The van der Waals surface area contributed by atoms with Gasteiger partial charge in [-0.1, -0.05) is 12.1 Å². The molecule has 1 N–H and O–H groups in total. The molecule has 2 aliphatic heterocycles. The van der Waals surface area contributed by atoms with Crippen LogP contribution >= 0.6 is 0 Å². The van der Waals surface area contributed by atoms with E-state index in [1.807, 2.05) is 25.1 Å². The highest BCUT2D eigenvalue weighted by molar-refractivity contribution is 5.96. The van der Waals surface area contributed by atoms with Gasteiger partial charge in [0.25, 0.3) is 11.5 Å². The minimum Gasteiger partial charge on any atom is -0.354 e. The topological polar surface area (TPSA) is 71.4 Å². The number of carbonyl (C=O) groups excluding carboxylic acids is 2. The first-order valence-corrected chi connectivity index (χ1v) is 10.5. The fraction of sp³-hybridized carbons (Fsp3) is 0.435. The first-order chi connectivity index (χ1) is 14.0. The van der Waals surface area contributed by atoms with Crippen LogP contribution in [-0.2, 0) is 17.6 Å². The zero-order valence-corrected chi connectivity index (χ0v) is 16.6. The minimum absolute atomic E-state index is 0.0166. The Kier molecular flexibility index (Phi) is 4.30. The lowest BCUT2D eigenvalue weighted by Gasteiger charge is -2.28. The normalized spacial score (nSPS) is 22.9. The van der Waals surface area contributed by atoms with E-state index in [4.69, 9.17) is 0 Å². The average Bonchev–Trinajstić information content (AvgIpc) is 3.28. The van der Waals surface area contributed by atoms with Crippen molar-refractivity contribution in [3.8, 4) is 5.69 Å². The van der Waals surface area contributed by atoms with Crippen LogP contribution in [0.15, 0.2) is 35.3 Å². The number of nitrogens with zero attached hydrogens (tertiary/aromatic N) is 2. The third kappa shape index (κ3) is 2.89. The number of fused-ring (bicyclic) bond motifs is 3. The van der Waals surface area contributed by atoms with Gasteiger partial charge < -0.3 is 10.2 Å². The Morgan fingerprint density at radius 1 is 1.10 bits per heavy atom. The summed E-state index contributed by atoms with van der Waals surface area (Å²) in [5, 5.41) is 2.89. The molecule has 2 aromatic rings. The van der Waals surface area contributed by atoms with Gasteiger partial charge in [-0.05, 0) is 67.9 Å². The molecule has 2 amide bonds. The number of nitrogens with one attached hydrogen (secondary N) is 1. The Balaban J connectivity index is 1.59. The van der Waals surface area contributed by atoms with Crippen LogP contribution in [0.25, 0.3) is 5.69 Å². The van der Waals surface area contributed by atoms with Gasteiger partial charge in [0.2, 0.25) is 5.91 Å². The second-order valence-electron chi connectivity index (χ2n) is 8.42. The van der Waals surface area contributed by atoms with Gasteiger partial charge in [0, 0.05) is 31.2 Å². The fourth-order valence-corrected chi connectivity index (χ4v) is 5.24. The maximum Gasteiger partial charge on any atom is 0.268 e. The molecule has 0 radical (unpaired) electrons. The van der Waals surface area contributed by atoms with Gasteiger partial charge in [-0.3, -0.25) is 19.0 Å². The van der Waals surface area contributed by atoms with Crippen molar-refractivity contribution in [1.82, 2.24) is 14.8 Å². The van der Waals surface area contributed by atoms with E-state index in [-0.39, 0.29) is 35.0 Å². The molecular weight excluding hydrogens is 366 g/mol. The molecule has 2 bridgehead atoms. The van der Waals surface area contributed by atoms with E-state index in [1.54, 1.807) is 15.7 Å². The highest BCUT2D eigenvalue weighted by Gasteiger charge is 2.41. The summed E-state index contributed by atoms with van der Waals surface area (Å²) in [6, 6.07) is 7.77. The number of amides is 2. The summed E-state index contributed by atoms with van der Waals surface area (Å²) >= 11 is 0. The molecule has 150 valence electrons. The van der Waals surface area contributed by atoms with Crippen LogP contribution in [0.4, 0.5) is 0 Å². The summed E-state index contributed by atoms with van der Waals surface area (Å²) in [5.74, 6) is -0.254. The van der Waals surface area contributed by atoms with Crippen molar-refractivity contribution in [2.45, 2.75) is 57.5 Å². The molecule has 2 saturated heterocycles. The van der Waals surface area contributed by atoms with E-state index in [0.29, 0.717) is 18.5 Å². The molecule has 3 aliphatic rings. The number of carbonyl (C=O) groups is 2. The van der Waals surface area contributed by atoms with E-state index < -0.39 is 0 Å². The third-order valence-corrected chi connectivity index (χ3v) is 6.71. The second-order valence-corrected chi connectivity index (χ2v) is 8.42. The van der Waals surface area contributed by atoms with Gasteiger partial charge in [-0.2, -0.15) is 0 Å². The maximum atomic E-state index is 13.6. The Morgan fingerprint density at radius 2 is 1.93 bits per heavy atom. The molecule has 0 spiro atoms. The van der Waals surface area contributed by atoms with E-state index >= 15 is 0 Å². The average molecular weight is 391 g/mol. The number of aromatic nitrogens is 1. The van der Waals surface area contributed by atoms with Crippen LogP contribution in [0.2, 0.25) is 0 Å². The van der Waals surface area contributed by atoms with E-state index in [2.05, 4.69) is 11.4 Å². The summed E-state index contributed by atoms with van der Waals surface area (Å²) in [6.45, 7) is 2.28. The smallest absolute Gasteiger partial charge is 0.268 e. The summed E-state index contributed by atoms with van der Waals surface area (Å²) < 4.78 is 1.63. The molecule has 6 heteroatoms. The van der Waals surface area contributed by atoms with Crippen LogP contribution in [-0.4, -0.2) is 39.9 Å². The minimum atomic E-state index is -0.266. The molecule has 5 rings (SSSR count). The van der Waals surface area contributed by atoms with Crippen LogP contribution in [0.1, 0.15) is 52.7 Å². The number of aryl methyl sites for hydroxylation is 2. The van der Waals surface area contributed by atoms with Gasteiger partial charge in [-0.25, -0.2) is 0 Å². The molecule has 1 aromatic heterocycles. The van der Waals surface area contributed by atoms with Gasteiger partial charge in [-0.15, -0.1) is 0 Å². The molecule has 1 aromatic carbocycles. The SMILES string of the molecule is Cc1ccn(-c2cccc3c2CCC3)c(=O)c1C(=O)N1[C@@H]2CC[C@H]1CNC(=O)C2. The van der Waals surface area contributed by atoms with Crippen LogP contribution < -0.4 is 10.9 Å². The molecule has 29 heavy (non-hydrogen) atoms. The largest absolute Gasteiger partial charge is 0.354 e. The van der Waals surface area contributed by atoms with Crippen molar-refractivity contribution in [3.05, 3.63) is 63.1 Å². The Morgan fingerprint density at radius 3 is 2.79 bits per heavy atom. The van der Waals surface area contributed by atoms with Gasteiger partial charge in [0.05, 0.1) is 5.69 Å². The van der Waals surface area contributed by atoms with Crippen LogP contribution in [0.5, 0.6) is 0 Å². The standard InChI is InChI=1S/C23H25N3O3/c1-14-10-11-25(19-7-3-5-15-4-2-6-18(15)19)22(28)21(14)23(29)26-16-8-9-17(26)13-24-20(27)12-16/h3,5,7,10-11,16-17H,2,4,6,8-9,12-13H2,1H3,(H,24,27)/t16-,17+/m1/s1. The zero-order chi connectivity index (χ0) is 20.1.